The lowest BCUT2D eigenvalue weighted by atomic mass is 10.1. The van der Waals surface area contributed by atoms with Crippen LogP contribution < -0.4 is 11.1 Å². The average molecular weight is 284 g/mol. The van der Waals surface area contributed by atoms with Crippen molar-refractivity contribution in [2.24, 2.45) is 5.73 Å². The molecule has 0 aliphatic carbocycles. The minimum absolute atomic E-state index is 0.0268. The van der Waals surface area contributed by atoms with Gasteiger partial charge in [-0.2, -0.15) is 0 Å². The number of rotatable bonds is 3. The highest BCUT2D eigenvalue weighted by Crippen LogP contribution is 2.32. The van der Waals surface area contributed by atoms with Crippen molar-refractivity contribution in [1.29, 1.82) is 0 Å². The maximum atomic E-state index is 6.01. The summed E-state index contributed by atoms with van der Waals surface area (Å²) in [6, 6.07) is 8.01. The van der Waals surface area contributed by atoms with Gasteiger partial charge in [-0.15, -0.1) is 11.3 Å². The van der Waals surface area contributed by atoms with E-state index in [1.54, 1.807) is 17.7 Å². The average Bonchev–Trinajstić information content (AvgIpc) is 2.82. The van der Waals surface area contributed by atoms with E-state index >= 15 is 0 Å². The Balaban J connectivity index is 2.06. The van der Waals surface area contributed by atoms with Crippen LogP contribution in [0.5, 0.6) is 0 Å². The van der Waals surface area contributed by atoms with Gasteiger partial charge in [-0.25, -0.2) is 9.97 Å². The fourth-order valence-electron chi connectivity index (χ4n) is 2.19. The highest BCUT2D eigenvalue weighted by molar-refractivity contribution is 7.18. The predicted octanol–water partition coefficient (Wildman–Crippen LogP) is 3.76. The minimum atomic E-state index is -0.0268. The van der Waals surface area contributed by atoms with Crippen LogP contribution in [0.1, 0.15) is 24.1 Å². The molecule has 0 spiro atoms. The van der Waals surface area contributed by atoms with Crippen molar-refractivity contribution in [2.45, 2.75) is 19.9 Å². The molecule has 2 aromatic heterocycles. The van der Waals surface area contributed by atoms with Crippen molar-refractivity contribution < 1.29 is 0 Å². The monoisotopic (exact) mass is 284 g/mol. The van der Waals surface area contributed by atoms with Crippen LogP contribution in [0, 0.1) is 6.92 Å². The van der Waals surface area contributed by atoms with Gasteiger partial charge in [0.15, 0.2) is 5.82 Å². The van der Waals surface area contributed by atoms with Crippen molar-refractivity contribution >= 4 is 33.1 Å². The van der Waals surface area contributed by atoms with Gasteiger partial charge in [0, 0.05) is 11.7 Å². The number of nitrogens with zero attached hydrogens (tertiary/aromatic N) is 2. The zero-order valence-corrected chi connectivity index (χ0v) is 12.2. The maximum absolute atomic E-state index is 6.01. The second kappa shape index (κ2) is 5.19. The number of para-hydroxylation sites is 1. The van der Waals surface area contributed by atoms with E-state index in [2.05, 4.69) is 27.6 Å². The van der Waals surface area contributed by atoms with E-state index in [0.717, 1.165) is 27.3 Å². The Bertz CT molecular complexity index is 748. The minimum Gasteiger partial charge on any atom is -0.339 e. The summed E-state index contributed by atoms with van der Waals surface area (Å²) < 4.78 is 1.07. The van der Waals surface area contributed by atoms with Crippen molar-refractivity contribution in [3.63, 3.8) is 0 Å². The van der Waals surface area contributed by atoms with Gasteiger partial charge in [-0.05, 0) is 36.4 Å². The fourth-order valence-corrected chi connectivity index (χ4v) is 3.14. The molecule has 0 bridgehead atoms. The summed E-state index contributed by atoms with van der Waals surface area (Å²) in [4.78, 5) is 8.70. The normalized spacial score (nSPS) is 12.6. The summed E-state index contributed by atoms with van der Waals surface area (Å²) in [5, 5.41) is 5.49. The smallest absolute Gasteiger partial charge is 0.151 e. The number of nitrogens with two attached hydrogens (primary N) is 1. The highest BCUT2D eigenvalue weighted by Gasteiger charge is 2.11. The fraction of sp³-hybridized carbons (Fsp3) is 0.200. The molecule has 1 atom stereocenters. The summed E-state index contributed by atoms with van der Waals surface area (Å²) in [5.74, 6) is 0.834. The lowest BCUT2D eigenvalue weighted by Crippen LogP contribution is -2.08. The molecule has 2 heterocycles. The summed E-state index contributed by atoms with van der Waals surface area (Å²) in [7, 11) is 0. The number of nitrogens with one attached hydrogen (secondary N) is 1. The molecule has 5 heteroatoms. The molecule has 0 amide bonds. The number of hydrogen-bond acceptors (Lipinski definition) is 5. The van der Waals surface area contributed by atoms with Crippen LogP contribution in [0.3, 0.4) is 0 Å². The van der Waals surface area contributed by atoms with Gasteiger partial charge in [0.1, 0.15) is 6.33 Å². The molecule has 3 aromatic rings. The zero-order chi connectivity index (χ0) is 14.1. The van der Waals surface area contributed by atoms with E-state index in [1.807, 2.05) is 31.2 Å². The Morgan fingerprint density at radius 3 is 2.85 bits per heavy atom. The third-order valence-electron chi connectivity index (χ3n) is 3.24. The molecular formula is C15H16N4S. The Kier molecular flexibility index (Phi) is 3.38. The van der Waals surface area contributed by atoms with Gasteiger partial charge in [0.05, 0.1) is 10.2 Å². The number of hydrogen-bond donors (Lipinski definition) is 2. The molecule has 0 radical (unpaired) electrons. The van der Waals surface area contributed by atoms with Gasteiger partial charge in [0.25, 0.3) is 0 Å². The molecule has 0 fully saturated rings. The first-order chi connectivity index (χ1) is 9.66. The molecule has 3 rings (SSSR count). The highest BCUT2D eigenvalue weighted by atomic mass is 32.1. The van der Waals surface area contributed by atoms with Crippen LogP contribution in [0.25, 0.3) is 10.2 Å². The first-order valence-corrected chi connectivity index (χ1v) is 7.35. The Morgan fingerprint density at radius 1 is 1.25 bits per heavy atom. The quantitative estimate of drug-likeness (QED) is 0.768. The van der Waals surface area contributed by atoms with Crippen molar-refractivity contribution in [3.8, 4) is 0 Å². The molecule has 4 nitrogen and oxygen atoms in total. The molecule has 0 aliphatic heterocycles. The Morgan fingerprint density at radius 2 is 2.05 bits per heavy atom. The lowest BCUT2D eigenvalue weighted by molar-refractivity contribution is 0.820. The second-order valence-corrected chi connectivity index (χ2v) is 5.70. The topological polar surface area (TPSA) is 63.8 Å². The van der Waals surface area contributed by atoms with Gasteiger partial charge in [0.2, 0.25) is 0 Å². The van der Waals surface area contributed by atoms with Crippen molar-refractivity contribution in [3.05, 3.63) is 47.1 Å². The first-order valence-electron chi connectivity index (χ1n) is 6.47. The number of benzene rings is 1. The van der Waals surface area contributed by atoms with Crippen LogP contribution >= 0.6 is 11.3 Å². The van der Waals surface area contributed by atoms with E-state index in [9.17, 15) is 0 Å². The standard InChI is InChI=1S/C15H16N4S/c1-9-7-20-14-13(9)17-8-18-15(14)19-12-6-4-3-5-11(12)10(2)16/h3-8,10H,16H2,1-2H3,(H,17,18,19). The van der Waals surface area contributed by atoms with Gasteiger partial charge < -0.3 is 11.1 Å². The largest absolute Gasteiger partial charge is 0.339 e. The number of thiophene rings is 1. The predicted molar refractivity (Wildman–Crippen MR) is 84.5 cm³/mol. The summed E-state index contributed by atoms with van der Waals surface area (Å²) in [6.45, 7) is 4.04. The first kappa shape index (κ1) is 13.0. The summed E-state index contributed by atoms with van der Waals surface area (Å²) in [5.41, 5.74) is 10.3. The van der Waals surface area contributed by atoms with Gasteiger partial charge in [-0.1, -0.05) is 18.2 Å². The number of aryl methyl sites for hydroxylation is 1. The van der Waals surface area contributed by atoms with E-state index < -0.39 is 0 Å². The Hall–Kier alpha value is -1.98. The van der Waals surface area contributed by atoms with Crippen LogP contribution in [0.2, 0.25) is 0 Å². The zero-order valence-electron chi connectivity index (χ0n) is 11.4. The van der Waals surface area contributed by atoms with Gasteiger partial charge >= 0.3 is 0 Å². The van der Waals surface area contributed by atoms with Crippen LogP contribution in [0.4, 0.5) is 11.5 Å². The van der Waals surface area contributed by atoms with Crippen LogP contribution in [-0.2, 0) is 0 Å². The molecule has 102 valence electrons. The third-order valence-corrected chi connectivity index (χ3v) is 4.33. The summed E-state index contributed by atoms with van der Waals surface area (Å²) in [6.07, 6.45) is 1.60. The Labute approximate surface area is 121 Å². The van der Waals surface area contributed by atoms with Crippen LogP contribution in [0.15, 0.2) is 36.0 Å². The van der Waals surface area contributed by atoms with Crippen LogP contribution in [-0.4, -0.2) is 9.97 Å². The molecule has 0 saturated heterocycles. The van der Waals surface area contributed by atoms with Gasteiger partial charge in [-0.3, -0.25) is 0 Å². The van der Waals surface area contributed by atoms with Crippen molar-refractivity contribution in [1.82, 2.24) is 9.97 Å². The number of anilines is 2. The lowest BCUT2D eigenvalue weighted by Gasteiger charge is -2.14. The second-order valence-electron chi connectivity index (χ2n) is 4.82. The molecule has 3 N–H and O–H groups in total. The summed E-state index contributed by atoms with van der Waals surface area (Å²) >= 11 is 1.66. The third kappa shape index (κ3) is 2.26. The van der Waals surface area contributed by atoms with E-state index in [-0.39, 0.29) is 6.04 Å². The van der Waals surface area contributed by atoms with Crippen molar-refractivity contribution in [2.75, 3.05) is 5.32 Å². The SMILES string of the molecule is Cc1csc2c(Nc3ccccc3C(C)N)ncnc12. The number of fused-ring (bicyclic) bond motifs is 1. The van der Waals surface area contributed by atoms with E-state index in [1.165, 1.54) is 5.56 Å². The molecule has 0 saturated carbocycles. The van der Waals surface area contributed by atoms with E-state index in [4.69, 9.17) is 5.73 Å². The van der Waals surface area contributed by atoms with E-state index in [0.29, 0.717) is 0 Å². The molecule has 0 aliphatic rings. The molecule has 1 aromatic carbocycles. The molecular weight excluding hydrogens is 268 g/mol. The maximum Gasteiger partial charge on any atom is 0.151 e. The number of aromatic nitrogens is 2. The molecule has 20 heavy (non-hydrogen) atoms. The molecule has 1 unspecified atom stereocenters.